The maximum Gasteiger partial charge on any atom is 0.198 e. The predicted octanol–water partition coefficient (Wildman–Crippen LogP) is 16.4. The highest BCUT2D eigenvalue weighted by Gasteiger charge is 2.38. The molecule has 12 aromatic rings. The Morgan fingerprint density at radius 3 is 2.01 bits per heavy atom. The Hall–Kier alpha value is -6.66. The number of nitrogens with zero attached hydrogens (tertiary/aromatic N) is 1. The Kier molecular flexibility index (Phi) is 8.22. The molecule has 0 atom stereocenters. The van der Waals surface area contributed by atoms with E-state index in [0.717, 1.165) is 18.7 Å². The van der Waals surface area contributed by atoms with Gasteiger partial charge in [-0.2, -0.15) is 0 Å². The van der Waals surface area contributed by atoms with E-state index in [1.165, 1.54) is 147 Å². The minimum absolute atomic E-state index is 0.117. The van der Waals surface area contributed by atoms with Crippen molar-refractivity contribution in [3.05, 3.63) is 174 Å². The van der Waals surface area contributed by atoms with Crippen molar-refractivity contribution in [3.8, 4) is 27.9 Å². The molecule has 5 heteroatoms. The minimum Gasteiger partial charge on any atom is -0.355 e. The Morgan fingerprint density at radius 1 is 0.522 bits per heavy atom. The first kappa shape index (κ1) is 39.5. The molecule has 322 valence electrons. The summed E-state index contributed by atoms with van der Waals surface area (Å²) < 4.78 is 7.97. The SMILES string of the molecule is Cc1ccc(Nc2cc3sc4cc5c(cc4c3cc2-c2cc(-c3ccc4c(c3)sc3ccccc34)c3c4cc6ccccc6cc4n4c3c2Bc2cc(C)ccc2-4)C(C)(C)CCC5(C)C)cc1. The van der Waals surface area contributed by atoms with Gasteiger partial charge in [0.2, 0.25) is 0 Å². The second-order valence-corrected chi connectivity index (χ2v) is 23.2. The molecule has 0 radical (unpaired) electrons. The van der Waals surface area contributed by atoms with E-state index in [0.29, 0.717) is 0 Å². The fraction of sp³-hybridized carbons (Fsp3) is 0.161. The molecule has 0 saturated heterocycles. The van der Waals surface area contributed by atoms with Crippen molar-refractivity contribution in [1.29, 1.82) is 0 Å². The molecule has 0 amide bonds. The number of hydrogen-bond acceptors (Lipinski definition) is 3. The highest BCUT2D eigenvalue weighted by Crippen LogP contribution is 2.51. The van der Waals surface area contributed by atoms with Crippen LogP contribution in [0.1, 0.15) is 62.8 Å². The maximum absolute atomic E-state index is 4.02. The molecule has 0 spiro atoms. The monoisotopic (exact) mass is 896 g/mol. The molecule has 9 aromatic carbocycles. The van der Waals surface area contributed by atoms with Crippen LogP contribution in [0.2, 0.25) is 0 Å². The molecule has 14 rings (SSSR count). The smallest absolute Gasteiger partial charge is 0.198 e. The lowest BCUT2D eigenvalue weighted by atomic mass is 9.58. The van der Waals surface area contributed by atoms with Gasteiger partial charge in [0.1, 0.15) is 0 Å². The zero-order valence-electron chi connectivity index (χ0n) is 38.8. The van der Waals surface area contributed by atoms with Crippen LogP contribution in [0.5, 0.6) is 0 Å². The number of anilines is 2. The number of rotatable bonds is 4. The van der Waals surface area contributed by atoms with Crippen LogP contribution in [0.15, 0.2) is 152 Å². The van der Waals surface area contributed by atoms with Crippen molar-refractivity contribution in [1.82, 2.24) is 4.57 Å². The Morgan fingerprint density at radius 2 is 1.19 bits per heavy atom. The van der Waals surface area contributed by atoms with Gasteiger partial charge in [-0.1, -0.05) is 123 Å². The third-order valence-corrected chi connectivity index (χ3v) is 18.0. The van der Waals surface area contributed by atoms with Crippen molar-refractivity contribution < 1.29 is 0 Å². The molecule has 0 unspecified atom stereocenters. The number of nitrogens with one attached hydrogen (secondary N) is 1. The van der Waals surface area contributed by atoms with Crippen LogP contribution in [0.3, 0.4) is 0 Å². The molecule has 1 N–H and O–H groups in total. The Bertz CT molecular complexity index is 4120. The van der Waals surface area contributed by atoms with Crippen LogP contribution in [0, 0.1) is 13.8 Å². The summed E-state index contributed by atoms with van der Waals surface area (Å²) in [7, 11) is 0.845. The van der Waals surface area contributed by atoms with E-state index in [-0.39, 0.29) is 10.8 Å². The quantitative estimate of drug-likeness (QED) is 0.174. The average Bonchev–Trinajstić information content (AvgIpc) is 3.99. The highest BCUT2D eigenvalue weighted by molar-refractivity contribution is 7.26. The number of fused-ring (bicyclic) bond motifs is 13. The zero-order valence-corrected chi connectivity index (χ0v) is 40.5. The van der Waals surface area contributed by atoms with Gasteiger partial charge in [0, 0.05) is 79.3 Å². The first-order valence-corrected chi connectivity index (χ1v) is 25.5. The summed E-state index contributed by atoms with van der Waals surface area (Å²) in [6.45, 7) is 14.2. The number of aromatic nitrogens is 1. The molecule has 2 aliphatic rings. The maximum atomic E-state index is 4.02. The van der Waals surface area contributed by atoms with Gasteiger partial charge >= 0.3 is 0 Å². The van der Waals surface area contributed by atoms with Gasteiger partial charge in [-0.05, 0) is 154 Å². The first-order valence-electron chi connectivity index (χ1n) is 23.9. The van der Waals surface area contributed by atoms with E-state index in [9.17, 15) is 0 Å². The fourth-order valence-electron chi connectivity index (χ4n) is 12.0. The van der Waals surface area contributed by atoms with Gasteiger partial charge in [-0.3, -0.25) is 0 Å². The average molecular weight is 897 g/mol. The molecule has 0 saturated carbocycles. The second kappa shape index (κ2) is 13.9. The van der Waals surface area contributed by atoms with Crippen LogP contribution in [0.25, 0.3) is 101 Å². The van der Waals surface area contributed by atoms with Crippen LogP contribution < -0.4 is 16.2 Å². The van der Waals surface area contributed by atoms with Crippen molar-refractivity contribution in [2.24, 2.45) is 0 Å². The zero-order chi connectivity index (χ0) is 45.1. The summed E-state index contributed by atoms with van der Waals surface area (Å²) in [5.41, 5.74) is 19.7. The molecule has 4 heterocycles. The number of aryl methyl sites for hydroxylation is 2. The lowest BCUT2D eigenvalue weighted by molar-refractivity contribution is 0.332. The molecular formula is C62H49BN2S2. The van der Waals surface area contributed by atoms with E-state index in [1.54, 1.807) is 0 Å². The van der Waals surface area contributed by atoms with E-state index in [2.05, 4.69) is 203 Å². The minimum atomic E-state index is 0.117. The molecule has 67 heavy (non-hydrogen) atoms. The van der Waals surface area contributed by atoms with E-state index in [1.807, 2.05) is 22.7 Å². The van der Waals surface area contributed by atoms with Gasteiger partial charge in [0.05, 0.1) is 5.52 Å². The number of hydrogen-bond donors (Lipinski definition) is 1. The molecule has 0 bridgehead atoms. The van der Waals surface area contributed by atoms with Crippen LogP contribution >= 0.6 is 22.7 Å². The number of benzene rings is 9. The lowest BCUT2D eigenvalue weighted by Crippen LogP contribution is -2.37. The topological polar surface area (TPSA) is 17.0 Å². The molecule has 3 aromatic heterocycles. The largest absolute Gasteiger partial charge is 0.355 e. The second-order valence-electron chi connectivity index (χ2n) is 21.0. The summed E-state index contributed by atoms with van der Waals surface area (Å²) >= 11 is 3.85. The number of thiophene rings is 2. The van der Waals surface area contributed by atoms with Crippen molar-refractivity contribution in [2.45, 2.75) is 65.2 Å². The fourth-order valence-corrected chi connectivity index (χ4v) is 14.3. The summed E-state index contributed by atoms with van der Waals surface area (Å²) in [5, 5.41) is 14.5. The first-order chi connectivity index (χ1) is 32.5. The standard InChI is InChI=1S/C62H49BN2S2/c1-34-15-19-39(20-16-34)64-51-33-57-44(45-31-48-49(32-56(45)67-57)62(5,6)24-23-61(48,3)4)30-43(51)46-29-42(38-18-21-41-40-13-9-10-14-54(40)66-55(41)28-38)58-47-26-36-11-7-8-12-37(36)27-53(47)65-52-22-17-35(2)25-50(52)63-59(46)60(58)65/h7-22,25-33,63-64H,23-24H2,1-6H3. The third kappa shape index (κ3) is 5.87. The molecular weight excluding hydrogens is 848 g/mol. The summed E-state index contributed by atoms with van der Waals surface area (Å²) in [5.74, 6) is 0. The van der Waals surface area contributed by atoms with Crippen LogP contribution in [0.4, 0.5) is 11.4 Å². The van der Waals surface area contributed by atoms with Gasteiger partial charge in [0.25, 0.3) is 0 Å². The van der Waals surface area contributed by atoms with Gasteiger partial charge in [-0.25, -0.2) is 0 Å². The summed E-state index contributed by atoms with van der Waals surface area (Å²) in [4.78, 5) is 0. The molecule has 1 aliphatic heterocycles. The molecule has 0 fully saturated rings. The van der Waals surface area contributed by atoms with Crippen molar-refractivity contribution in [3.63, 3.8) is 0 Å². The third-order valence-electron chi connectivity index (χ3n) is 15.7. The Balaban J connectivity index is 1.13. The van der Waals surface area contributed by atoms with Crippen molar-refractivity contribution in [2.75, 3.05) is 5.32 Å². The van der Waals surface area contributed by atoms with Crippen molar-refractivity contribution >= 4 is 125 Å². The molecule has 1 aliphatic carbocycles. The van der Waals surface area contributed by atoms with Crippen LogP contribution in [-0.2, 0) is 10.8 Å². The molecule has 2 nitrogen and oxygen atoms in total. The predicted molar refractivity (Wildman–Crippen MR) is 296 cm³/mol. The van der Waals surface area contributed by atoms with E-state index >= 15 is 0 Å². The van der Waals surface area contributed by atoms with E-state index < -0.39 is 0 Å². The van der Waals surface area contributed by atoms with Gasteiger partial charge in [-0.15, -0.1) is 22.7 Å². The highest BCUT2D eigenvalue weighted by atomic mass is 32.1. The Labute approximate surface area is 399 Å². The summed E-state index contributed by atoms with van der Waals surface area (Å²) in [6, 6.07) is 58.6. The van der Waals surface area contributed by atoms with Gasteiger partial charge < -0.3 is 9.88 Å². The van der Waals surface area contributed by atoms with E-state index in [4.69, 9.17) is 0 Å². The van der Waals surface area contributed by atoms with Gasteiger partial charge in [0.15, 0.2) is 7.28 Å². The summed E-state index contributed by atoms with van der Waals surface area (Å²) in [6.07, 6.45) is 2.40. The van der Waals surface area contributed by atoms with Crippen LogP contribution in [-0.4, -0.2) is 11.8 Å². The lowest BCUT2D eigenvalue weighted by Gasteiger charge is -2.41. The normalized spacial score (nSPS) is 15.0.